The number of hydrogen-bond acceptors (Lipinski definition) is 6. The second-order valence-corrected chi connectivity index (χ2v) is 5.26. The summed E-state index contributed by atoms with van der Waals surface area (Å²) in [5, 5.41) is 11.2. The van der Waals surface area contributed by atoms with E-state index in [4.69, 9.17) is 9.47 Å². The highest BCUT2D eigenvalue weighted by Crippen LogP contribution is 2.36. The van der Waals surface area contributed by atoms with E-state index in [1.54, 1.807) is 0 Å². The zero-order valence-electron chi connectivity index (χ0n) is 14.4. The topological polar surface area (TPSA) is 87.9 Å². The van der Waals surface area contributed by atoms with Gasteiger partial charge in [0.05, 0.1) is 23.7 Å². The van der Waals surface area contributed by atoms with Crippen LogP contribution in [0.1, 0.15) is 11.1 Å². The molecule has 2 aromatic carbocycles. The fourth-order valence-corrected chi connectivity index (χ4v) is 2.16. The number of benzene rings is 2. The Morgan fingerprint density at radius 1 is 1.21 bits per heavy atom. The zero-order valence-corrected chi connectivity index (χ0v) is 14.4. The molecule has 0 spiro atoms. The van der Waals surface area contributed by atoms with Crippen LogP contribution in [0.15, 0.2) is 42.5 Å². The van der Waals surface area contributed by atoms with Gasteiger partial charge < -0.3 is 14.2 Å². The first-order chi connectivity index (χ1) is 13.3. The molecule has 0 radical (unpaired) electrons. The van der Waals surface area contributed by atoms with Crippen molar-refractivity contribution in [3.8, 4) is 11.5 Å². The van der Waals surface area contributed by atoms with Gasteiger partial charge in [-0.05, 0) is 29.8 Å². The third-order valence-electron chi connectivity index (χ3n) is 3.43. The molecule has 148 valence electrons. The zero-order chi connectivity index (χ0) is 20.7. The van der Waals surface area contributed by atoms with Gasteiger partial charge in [0.25, 0.3) is 5.69 Å². The number of carbonyl (C=O) groups is 1. The van der Waals surface area contributed by atoms with Gasteiger partial charge in [0.1, 0.15) is 12.4 Å². The van der Waals surface area contributed by atoms with E-state index in [9.17, 15) is 28.1 Å². The normalized spacial score (nSPS) is 10.9. The molecular formula is C18H14F3NO6. The number of alkyl halides is 2. The fourth-order valence-electron chi connectivity index (χ4n) is 2.16. The highest BCUT2D eigenvalue weighted by atomic mass is 19.3. The van der Waals surface area contributed by atoms with Crippen LogP contribution in [0.4, 0.5) is 18.9 Å². The minimum atomic E-state index is -3.20. The maximum Gasteiger partial charge on any atom is 0.387 e. The van der Waals surface area contributed by atoms with Crippen molar-refractivity contribution >= 4 is 17.7 Å². The van der Waals surface area contributed by atoms with Crippen LogP contribution >= 0.6 is 0 Å². The van der Waals surface area contributed by atoms with Crippen LogP contribution in [0.3, 0.4) is 0 Å². The number of halogens is 3. The molecule has 0 aliphatic carbocycles. The van der Waals surface area contributed by atoms with Gasteiger partial charge in [0, 0.05) is 6.08 Å². The van der Waals surface area contributed by atoms with Crippen LogP contribution in [0.5, 0.6) is 11.5 Å². The predicted molar refractivity (Wildman–Crippen MR) is 91.5 cm³/mol. The number of esters is 1. The monoisotopic (exact) mass is 397 g/mol. The van der Waals surface area contributed by atoms with E-state index in [2.05, 4.69) is 4.74 Å². The molecule has 0 saturated heterocycles. The van der Waals surface area contributed by atoms with Crippen molar-refractivity contribution < 1.29 is 37.1 Å². The number of carbonyl (C=O) groups excluding carboxylic acids is 1. The summed E-state index contributed by atoms with van der Waals surface area (Å²) in [5.41, 5.74) is -0.113. The van der Waals surface area contributed by atoms with Gasteiger partial charge in [0.15, 0.2) is 11.5 Å². The lowest BCUT2D eigenvalue weighted by molar-refractivity contribution is -0.386. The minimum Gasteiger partial charge on any atom is -0.493 e. The van der Waals surface area contributed by atoms with Gasteiger partial charge in [0.2, 0.25) is 0 Å². The average Bonchev–Trinajstić information content (AvgIpc) is 2.65. The van der Waals surface area contributed by atoms with Crippen LogP contribution < -0.4 is 9.47 Å². The van der Waals surface area contributed by atoms with Crippen molar-refractivity contribution in [2.24, 2.45) is 0 Å². The first-order valence-electron chi connectivity index (χ1n) is 7.70. The van der Waals surface area contributed by atoms with Crippen LogP contribution in [0, 0.1) is 15.9 Å². The third kappa shape index (κ3) is 5.73. The van der Waals surface area contributed by atoms with Gasteiger partial charge in [-0.2, -0.15) is 8.78 Å². The van der Waals surface area contributed by atoms with Gasteiger partial charge in [-0.25, -0.2) is 9.18 Å². The predicted octanol–water partition coefficient (Wildman–Crippen LogP) is 4.10. The number of nitro benzene ring substituents is 1. The fraction of sp³-hybridized carbons (Fsp3) is 0.167. The largest absolute Gasteiger partial charge is 0.493 e. The number of rotatable bonds is 8. The molecule has 0 N–H and O–H groups in total. The summed E-state index contributed by atoms with van der Waals surface area (Å²) < 4.78 is 51.7. The Morgan fingerprint density at radius 2 is 1.89 bits per heavy atom. The van der Waals surface area contributed by atoms with E-state index in [1.165, 1.54) is 37.5 Å². The molecule has 0 fully saturated rings. The summed E-state index contributed by atoms with van der Waals surface area (Å²) in [7, 11) is 1.17. The molecule has 0 amide bonds. The summed E-state index contributed by atoms with van der Waals surface area (Å²) in [5.74, 6) is -1.94. The van der Waals surface area contributed by atoms with Gasteiger partial charge in [-0.15, -0.1) is 0 Å². The molecule has 2 aromatic rings. The quantitative estimate of drug-likeness (QED) is 0.288. The molecule has 7 nitrogen and oxygen atoms in total. The van der Waals surface area contributed by atoms with E-state index >= 15 is 0 Å². The molecule has 0 aliphatic heterocycles. The summed E-state index contributed by atoms with van der Waals surface area (Å²) in [6.45, 7) is -3.71. The lowest BCUT2D eigenvalue weighted by Gasteiger charge is -2.12. The second-order valence-electron chi connectivity index (χ2n) is 5.26. The Labute approximate surface area is 157 Å². The van der Waals surface area contributed by atoms with Crippen LogP contribution in [0.25, 0.3) is 6.08 Å². The van der Waals surface area contributed by atoms with Crippen molar-refractivity contribution in [1.82, 2.24) is 0 Å². The summed E-state index contributed by atoms with van der Waals surface area (Å²) in [4.78, 5) is 22.2. The minimum absolute atomic E-state index is 0.0769. The van der Waals surface area contributed by atoms with E-state index in [0.717, 1.165) is 18.2 Å². The van der Waals surface area contributed by atoms with Crippen molar-refractivity contribution in [3.05, 3.63) is 69.5 Å². The van der Waals surface area contributed by atoms with Gasteiger partial charge in [-0.3, -0.25) is 10.1 Å². The maximum atomic E-state index is 12.8. The Kier molecular flexibility index (Phi) is 6.96. The van der Waals surface area contributed by atoms with Crippen molar-refractivity contribution in [1.29, 1.82) is 0 Å². The molecule has 0 aliphatic rings. The van der Waals surface area contributed by atoms with E-state index in [-0.39, 0.29) is 11.3 Å². The van der Waals surface area contributed by atoms with E-state index in [1.807, 2.05) is 0 Å². The van der Waals surface area contributed by atoms with E-state index < -0.39 is 41.4 Å². The van der Waals surface area contributed by atoms with E-state index in [0.29, 0.717) is 5.56 Å². The van der Waals surface area contributed by atoms with Crippen LogP contribution in [-0.4, -0.2) is 24.6 Å². The molecule has 0 bridgehead atoms. The molecule has 0 heterocycles. The molecule has 28 heavy (non-hydrogen) atoms. The molecule has 0 unspecified atom stereocenters. The number of nitrogens with zero attached hydrogens (tertiary/aromatic N) is 1. The highest BCUT2D eigenvalue weighted by molar-refractivity contribution is 5.87. The molecule has 2 rings (SSSR count). The first-order valence-corrected chi connectivity index (χ1v) is 7.70. The van der Waals surface area contributed by atoms with Crippen LogP contribution in [0.2, 0.25) is 0 Å². The Bertz CT molecular complexity index is 884. The number of hydrogen-bond donors (Lipinski definition) is 0. The average molecular weight is 397 g/mol. The molecule has 0 aromatic heterocycles. The third-order valence-corrected chi connectivity index (χ3v) is 3.43. The number of methoxy groups -OCH3 is 1. The van der Waals surface area contributed by atoms with Gasteiger partial charge >= 0.3 is 12.6 Å². The number of nitro groups is 1. The standard InChI is InChI=1S/C18H14F3NO6/c1-26-15-8-12(14(22(24)25)9-16(15)28-18(20)21)10-27-17(23)7-4-11-2-5-13(19)6-3-11/h2-9,18H,10H2,1H3/b7-4+. The van der Waals surface area contributed by atoms with Crippen molar-refractivity contribution in [2.75, 3.05) is 7.11 Å². The van der Waals surface area contributed by atoms with Crippen LogP contribution in [-0.2, 0) is 16.1 Å². The Balaban J connectivity index is 2.14. The Morgan fingerprint density at radius 3 is 2.46 bits per heavy atom. The lowest BCUT2D eigenvalue weighted by Crippen LogP contribution is -2.07. The molecular weight excluding hydrogens is 383 g/mol. The summed E-state index contributed by atoms with van der Waals surface area (Å²) in [6.07, 6.45) is 2.43. The SMILES string of the molecule is COc1cc(COC(=O)/C=C/c2ccc(F)cc2)c([N+](=O)[O-])cc1OC(F)F. The Hall–Kier alpha value is -3.56. The second kappa shape index (κ2) is 9.40. The molecule has 0 atom stereocenters. The highest BCUT2D eigenvalue weighted by Gasteiger charge is 2.22. The summed E-state index contributed by atoms with van der Waals surface area (Å²) in [6, 6.07) is 7.15. The molecule has 0 saturated carbocycles. The lowest BCUT2D eigenvalue weighted by atomic mass is 10.1. The first kappa shape index (κ1) is 20.7. The summed E-state index contributed by atoms with van der Waals surface area (Å²) >= 11 is 0. The van der Waals surface area contributed by atoms with Crippen molar-refractivity contribution in [2.45, 2.75) is 13.2 Å². The smallest absolute Gasteiger partial charge is 0.387 e. The molecule has 10 heteroatoms. The maximum absolute atomic E-state index is 12.8. The number of ether oxygens (including phenoxy) is 3. The van der Waals surface area contributed by atoms with Crippen molar-refractivity contribution in [3.63, 3.8) is 0 Å². The van der Waals surface area contributed by atoms with Gasteiger partial charge in [-0.1, -0.05) is 12.1 Å².